The molecule has 2 aromatic carbocycles. The molecule has 0 saturated heterocycles. The van der Waals surface area contributed by atoms with E-state index in [1.807, 2.05) is 43.3 Å². The van der Waals surface area contributed by atoms with Gasteiger partial charge in [0.05, 0.1) is 12.8 Å². The molecule has 0 aromatic heterocycles. The predicted octanol–water partition coefficient (Wildman–Crippen LogP) is 5.66. The molecule has 0 aliphatic carbocycles. The van der Waals surface area contributed by atoms with Crippen molar-refractivity contribution in [3.63, 3.8) is 0 Å². The van der Waals surface area contributed by atoms with Crippen LogP contribution in [0.5, 0.6) is 0 Å². The molecule has 2 atom stereocenters. The molecule has 0 bridgehead atoms. The van der Waals surface area contributed by atoms with Gasteiger partial charge in [-0.3, -0.25) is 4.57 Å². The number of esters is 1. The second-order valence-corrected chi connectivity index (χ2v) is 8.34. The maximum Gasteiger partial charge on any atom is 0.339 e. The van der Waals surface area contributed by atoms with Crippen LogP contribution in [-0.4, -0.2) is 36.7 Å². The lowest BCUT2D eigenvalue weighted by Crippen LogP contribution is -2.52. The van der Waals surface area contributed by atoms with E-state index in [-0.39, 0.29) is 27.1 Å². The average Bonchev–Trinajstić information content (AvgIpc) is 2.75. The Morgan fingerprint density at radius 3 is 2.28 bits per heavy atom. The lowest BCUT2D eigenvalue weighted by atomic mass is 9.85. The van der Waals surface area contributed by atoms with Gasteiger partial charge in [0, 0.05) is 23.2 Å². The lowest BCUT2D eigenvalue weighted by molar-refractivity contribution is -0.175. The van der Waals surface area contributed by atoms with Crippen LogP contribution in [-0.2, 0) is 25.3 Å². The molecule has 0 heterocycles. The SMILES string of the molecule is CCOC(=O)C(CP=O)(OCC)C(CCc1ccccc1)CSc1ccccc1. The number of hydrogen-bond acceptors (Lipinski definition) is 5. The summed E-state index contributed by atoms with van der Waals surface area (Å²) < 4.78 is 23.1. The maximum atomic E-state index is 13.0. The van der Waals surface area contributed by atoms with Crippen LogP contribution in [0.15, 0.2) is 65.6 Å². The molecule has 0 spiro atoms. The Bertz CT molecular complexity index is 698. The number of thioether (sulfide) groups is 1. The summed E-state index contributed by atoms with van der Waals surface area (Å²) in [5.41, 5.74) is -0.0129. The molecule has 0 fully saturated rings. The van der Waals surface area contributed by atoms with Crippen molar-refractivity contribution in [1.29, 1.82) is 0 Å². The van der Waals surface area contributed by atoms with Gasteiger partial charge in [-0.1, -0.05) is 48.5 Å². The van der Waals surface area contributed by atoms with Gasteiger partial charge in [0.15, 0.2) is 14.1 Å². The molecule has 0 radical (unpaired) electrons. The van der Waals surface area contributed by atoms with Crippen LogP contribution >= 0.6 is 20.2 Å². The summed E-state index contributed by atoms with van der Waals surface area (Å²) in [5, 5.41) is 0. The van der Waals surface area contributed by atoms with Crippen molar-refractivity contribution < 1.29 is 18.8 Å². The van der Waals surface area contributed by atoms with Crippen molar-refractivity contribution in [2.75, 3.05) is 25.1 Å². The topological polar surface area (TPSA) is 52.6 Å². The van der Waals surface area contributed by atoms with E-state index in [0.717, 1.165) is 17.7 Å². The highest BCUT2D eigenvalue weighted by Gasteiger charge is 2.48. The van der Waals surface area contributed by atoms with Crippen molar-refractivity contribution in [2.45, 2.75) is 37.2 Å². The Labute approximate surface area is 179 Å². The molecule has 6 heteroatoms. The maximum absolute atomic E-state index is 13.0. The zero-order valence-electron chi connectivity index (χ0n) is 17.1. The second-order valence-electron chi connectivity index (χ2n) is 6.68. The highest BCUT2D eigenvalue weighted by atomic mass is 32.2. The summed E-state index contributed by atoms with van der Waals surface area (Å²) in [5.74, 6) is 0.107. The Balaban J connectivity index is 2.30. The first-order valence-electron chi connectivity index (χ1n) is 9.98. The van der Waals surface area contributed by atoms with Crippen LogP contribution in [0.4, 0.5) is 0 Å². The molecule has 0 aliphatic heterocycles. The van der Waals surface area contributed by atoms with E-state index < -0.39 is 11.6 Å². The highest BCUT2D eigenvalue weighted by Crippen LogP contribution is 2.36. The normalized spacial score (nSPS) is 14.3. The van der Waals surface area contributed by atoms with Gasteiger partial charge in [0.1, 0.15) is 0 Å². The van der Waals surface area contributed by atoms with E-state index in [4.69, 9.17) is 9.47 Å². The van der Waals surface area contributed by atoms with Gasteiger partial charge in [-0.15, -0.1) is 11.8 Å². The van der Waals surface area contributed by atoms with Crippen LogP contribution in [0.1, 0.15) is 25.8 Å². The fourth-order valence-electron chi connectivity index (χ4n) is 3.34. The molecule has 2 aromatic rings. The quantitative estimate of drug-likeness (QED) is 0.232. The lowest BCUT2D eigenvalue weighted by Gasteiger charge is -2.37. The number of aryl methyl sites for hydroxylation is 1. The number of carbonyl (C=O) groups is 1. The monoisotopic (exact) mass is 432 g/mol. The Hall–Kier alpha value is -1.68. The molecule has 0 saturated carbocycles. The van der Waals surface area contributed by atoms with Gasteiger partial charge < -0.3 is 9.47 Å². The standard InChI is InChI=1S/C23H29O4PS/c1-3-26-22(24)23(18-28-25,27-4-2)20(16-15-19-11-7-5-8-12-19)17-29-21-13-9-6-10-14-21/h5-14,20H,3-4,15-18H2,1-2H3. The first-order valence-corrected chi connectivity index (χ1v) is 12.0. The van der Waals surface area contributed by atoms with Gasteiger partial charge in [-0.25, -0.2) is 4.79 Å². The van der Waals surface area contributed by atoms with Gasteiger partial charge in [-0.2, -0.15) is 0 Å². The molecule has 29 heavy (non-hydrogen) atoms. The van der Waals surface area contributed by atoms with Crippen LogP contribution < -0.4 is 0 Å². The third-order valence-corrected chi connectivity index (χ3v) is 6.57. The van der Waals surface area contributed by atoms with Crippen LogP contribution in [0.3, 0.4) is 0 Å². The average molecular weight is 433 g/mol. The minimum absolute atomic E-state index is 0.0917. The third-order valence-electron chi connectivity index (χ3n) is 4.80. The first kappa shape index (κ1) is 23.6. The van der Waals surface area contributed by atoms with Gasteiger partial charge in [0.25, 0.3) is 0 Å². The van der Waals surface area contributed by atoms with Gasteiger partial charge in [-0.05, 0) is 44.4 Å². The van der Waals surface area contributed by atoms with Crippen LogP contribution in [0, 0.1) is 5.92 Å². The fourth-order valence-corrected chi connectivity index (χ4v) is 5.19. The molecule has 0 aliphatic rings. The van der Waals surface area contributed by atoms with Crippen LogP contribution in [0.2, 0.25) is 0 Å². The van der Waals surface area contributed by atoms with Crippen molar-refractivity contribution in [3.05, 3.63) is 66.2 Å². The number of ether oxygens (including phenoxy) is 2. The molecule has 2 rings (SSSR count). The molecule has 156 valence electrons. The molecule has 0 amide bonds. The minimum atomic E-state index is -1.22. The summed E-state index contributed by atoms with van der Waals surface area (Å²) in [6.45, 7) is 4.25. The number of benzene rings is 2. The Morgan fingerprint density at radius 1 is 1.03 bits per heavy atom. The second kappa shape index (κ2) is 12.8. The summed E-state index contributed by atoms with van der Waals surface area (Å²) in [4.78, 5) is 14.1. The van der Waals surface area contributed by atoms with Gasteiger partial charge in [0.2, 0.25) is 0 Å². The summed E-state index contributed by atoms with van der Waals surface area (Å²) in [7, 11) is -0.122. The van der Waals surface area contributed by atoms with Crippen molar-refractivity contribution in [3.8, 4) is 0 Å². The molecular formula is C23H29O4PS. The number of hydrogen-bond donors (Lipinski definition) is 0. The van der Waals surface area contributed by atoms with Crippen molar-refractivity contribution in [2.24, 2.45) is 5.92 Å². The van der Waals surface area contributed by atoms with E-state index >= 15 is 0 Å². The van der Waals surface area contributed by atoms with Crippen LogP contribution in [0.25, 0.3) is 0 Å². The molecule has 0 N–H and O–H groups in total. The third kappa shape index (κ3) is 6.95. The minimum Gasteiger partial charge on any atom is -0.464 e. The highest BCUT2D eigenvalue weighted by molar-refractivity contribution is 7.99. The smallest absolute Gasteiger partial charge is 0.339 e. The summed E-state index contributed by atoms with van der Waals surface area (Å²) in [6.07, 6.45) is 1.64. The zero-order chi connectivity index (χ0) is 21.0. The van der Waals surface area contributed by atoms with E-state index in [2.05, 4.69) is 24.3 Å². The summed E-state index contributed by atoms with van der Waals surface area (Å²) in [6, 6.07) is 20.3. The Morgan fingerprint density at radius 2 is 1.69 bits per heavy atom. The number of carbonyl (C=O) groups excluding carboxylic acids is 1. The molecule has 4 nitrogen and oxygen atoms in total. The number of rotatable bonds is 13. The van der Waals surface area contributed by atoms with Gasteiger partial charge >= 0.3 is 5.97 Å². The van der Waals surface area contributed by atoms with Crippen molar-refractivity contribution in [1.82, 2.24) is 0 Å². The molecular weight excluding hydrogens is 403 g/mol. The zero-order valence-corrected chi connectivity index (χ0v) is 18.8. The molecule has 2 unspecified atom stereocenters. The summed E-state index contributed by atoms with van der Waals surface area (Å²) >= 11 is 1.68. The Kier molecular flexibility index (Phi) is 10.4. The largest absolute Gasteiger partial charge is 0.464 e. The van der Waals surface area contributed by atoms with E-state index in [1.54, 1.807) is 18.7 Å². The van der Waals surface area contributed by atoms with E-state index in [9.17, 15) is 9.36 Å². The fraction of sp³-hybridized carbons (Fsp3) is 0.435. The van der Waals surface area contributed by atoms with E-state index in [1.165, 1.54) is 5.56 Å². The first-order chi connectivity index (χ1) is 14.2. The van der Waals surface area contributed by atoms with E-state index in [0.29, 0.717) is 12.4 Å². The predicted molar refractivity (Wildman–Crippen MR) is 119 cm³/mol. The van der Waals surface area contributed by atoms with Crippen molar-refractivity contribution >= 4 is 26.2 Å².